The largest absolute Gasteiger partial charge is 0.338 e. The number of nitrogens with zero attached hydrogens (tertiary/aromatic N) is 3. The molecule has 2 aromatic rings. The first kappa shape index (κ1) is 17.9. The van der Waals surface area contributed by atoms with Gasteiger partial charge in [-0.05, 0) is 38.4 Å². The Bertz CT molecular complexity index is 719. The highest BCUT2D eigenvalue weighted by Gasteiger charge is 2.28. The van der Waals surface area contributed by atoms with E-state index in [1.807, 2.05) is 31.0 Å². The summed E-state index contributed by atoms with van der Waals surface area (Å²) in [5.74, 6) is 0.0915. The fourth-order valence-electron chi connectivity index (χ4n) is 3.08. The number of hydrogen-bond donors (Lipinski definition) is 0. The van der Waals surface area contributed by atoms with Gasteiger partial charge in [-0.2, -0.15) is 0 Å². The predicted molar refractivity (Wildman–Crippen MR) is 102 cm³/mol. The quantitative estimate of drug-likeness (QED) is 0.785. The number of aryl methyl sites for hydroxylation is 1. The second-order valence-corrected chi connectivity index (χ2v) is 8.83. The van der Waals surface area contributed by atoms with Crippen molar-refractivity contribution in [2.24, 2.45) is 0 Å². The van der Waals surface area contributed by atoms with Crippen LogP contribution in [0.3, 0.4) is 0 Å². The highest BCUT2D eigenvalue weighted by molar-refractivity contribution is 7.24. The molecule has 0 aromatic carbocycles. The Kier molecular flexibility index (Phi) is 5.59. The maximum absolute atomic E-state index is 12.9. The minimum absolute atomic E-state index is 0.0915. The van der Waals surface area contributed by atoms with Gasteiger partial charge >= 0.3 is 0 Å². The van der Waals surface area contributed by atoms with Gasteiger partial charge in [0.2, 0.25) is 0 Å². The number of halogens is 1. The molecule has 0 bridgehead atoms. The third kappa shape index (κ3) is 3.67. The molecule has 0 N–H and O–H groups in total. The van der Waals surface area contributed by atoms with E-state index in [-0.39, 0.29) is 5.91 Å². The summed E-state index contributed by atoms with van der Waals surface area (Å²) in [6, 6.07) is 4.15. The van der Waals surface area contributed by atoms with E-state index in [1.165, 1.54) is 22.7 Å². The summed E-state index contributed by atoms with van der Waals surface area (Å²) in [5.41, 5.74) is 0.808. The molecule has 0 unspecified atom stereocenters. The molecule has 130 valence electrons. The van der Waals surface area contributed by atoms with Crippen molar-refractivity contribution < 1.29 is 4.79 Å². The van der Waals surface area contributed by atoms with Crippen LogP contribution >= 0.6 is 34.3 Å². The second kappa shape index (κ2) is 7.52. The van der Waals surface area contributed by atoms with Gasteiger partial charge < -0.3 is 9.80 Å². The van der Waals surface area contributed by atoms with Gasteiger partial charge in [0.25, 0.3) is 5.91 Å². The Labute approximate surface area is 156 Å². The molecule has 4 nitrogen and oxygen atoms in total. The first-order valence-corrected chi connectivity index (χ1v) is 10.2. The topological polar surface area (TPSA) is 36.4 Å². The van der Waals surface area contributed by atoms with Crippen LogP contribution in [-0.4, -0.2) is 53.4 Å². The number of thiophene rings is 1. The molecule has 0 atom stereocenters. The fraction of sp³-hybridized carbons (Fsp3) is 0.529. The number of piperidine rings is 1. The number of hydrogen-bond acceptors (Lipinski definition) is 5. The van der Waals surface area contributed by atoms with Gasteiger partial charge in [0.15, 0.2) is 0 Å². The minimum atomic E-state index is 0.0915. The van der Waals surface area contributed by atoms with Crippen LogP contribution in [0.25, 0.3) is 9.88 Å². The molecule has 1 fully saturated rings. The maximum Gasteiger partial charge on any atom is 0.265 e. The zero-order valence-electron chi connectivity index (χ0n) is 14.2. The number of amides is 1. The molecule has 2 aromatic heterocycles. The Morgan fingerprint density at radius 2 is 2.08 bits per heavy atom. The van der Waals surface area contributed by atoms with Gasteiger partial charge in [-0.15, -0.1) is 22.7 Å². The van der Waals surface area contributed by atoms with Gasteiger partial charge in [0, 0.05) is 26.2 Å². The van der Waals surface area contributed by atoms with E-state index in [0.717, 1.165) is 57.3 Å². The van der Waals surface area contributed by atoms with Gasteiger partial charge in [-0.3, -0.25) is 4.79 Å². The zero-order chi connectivity index (χ0) is 17.3. The third-order valence-electron chi connectivity index (χ3n) is 4.65. The number of aromatic nitrogens is 1. The lowest BCUT2D eigenvalue weighted by molar-refractivity contribution is 0.0650. The van der Waals surface area contributed by atoms with Crippen LogP contribution in [0.2, 0.25) is 4.34 Å². The van der Waals surface area contributed by atoms with Crippen LogP contribution in [0.15, 0.2) is 12.1 Å². The number of carbonyl (C=O) groups is 1. The van der Waals surface area contributed by atoms with Crippen LogP contribution in [0.1, 0.15) is 35.1 Å². The molecule has 24 heavy (non-hydrogen) atoms. The van der Waals surface area contributed by atoms with E-state index in [2.05, 4.69) is 16.8 Å². The lowest BCUT2D eigenvalue weighted by Crippen LogP contribution is -2.45. The van der Waals surface area contributed by atoms with E-state index < -0.39 is 0 Å². The van der Waals surface area contributed by atoms with Gasteiger partial charge in [0.05, 0.1) is 14.9 Å². The summed E-state index contributed by atoms with van der Waals surface area (Å²) in [4.78, 5) is 23.6. The number of thiazole rings is 1. The highest BCUT2D eigenvalue weighted by Crippen LogP contribution is 2.35. The van der Waals surface area contributed by atoms with E-state index in [0.29, 0.717) is 6.04 Å². The van der Waals surface area contributed by atoms with Crippen molar-refractivity contribution in [3.63, 3.8) is 0 Å². The van der Waals surface area contributed by atoms with Crippen molar-refractivity contribution in [1.82, 2.24) is 14.8 Å². The first-order valence-electron chi connectivity index (χ1n) is 8.22. The van der Waals surface area contributed by atoms with Crippen LogP contribution in [0.4, 0.5) is 0 Å². The molecule has 0 saturated carbocycles. The predicted octanol–water partition coefficient (Wildman–Crippen LogP) is 4.39. The average molecular weight is 384 g/mol. The Morgan fingerprint density at radius 3 is 2.67 bits per heavy atom. The monoisotopic (exact) mass is 383 g/mol. The Balaban J connectivity index is 1.74. The molecule has 3 rings (SSSR count). The zero-order valence-corrected chi connectivity index (χ0v) is 16.6. The van der Waals surface area contributed by atoms with Crippen molar-refractivity contribution in [1.29, 1.82) is 0 Å². The summed E-state index contributed by atoms with van der Waals surface area (Å²) in [6.07, 6.45) is 2.09. The van der Waals surface area contributed by atoms with Crippen molar-refractivity contribution >= 4 is 40.2 Å². The molecule has 0 aliphatic carbocycles. The number of carbonyl (C=O) groups excluding carboxylic acids is 1. The molecule has 1 aliphatic heterocycles. The van der Waals surface area contributed by atoms with Crippen molar-refractivity contribution in [3.05, 3.63) is 27.0 Å². The lowest BCUT2D eigenvalue weighted by Gasteiger charge is -2.36. The minimum Gasteiger partial charge on any atom is -0.338 e. The van der Waals surface area contributed by atoms with Crippen molar-refractivity contribution in [3.8, 4) is 9.88 Å². The number of rotatable bonds is 4. The summed E-state index contributed by atoms with van der Waals surface area (Å²) in [6.45, 7) is 7.33. The van der Waals surface area contributed by atoms with Crippen molar-refractivity contribution in [2.75, 3.05) is 26.7 Å². The molecule has 0 spiro atoms. The van der Waals surface area contributed by atoms with E-state index >= 15 is 0 Å². The van der Waals surface area contributed by atoms with E-state index in [9.17, 15) is 4.79 Å². The maximum atomic E-state index is 12.9. The molecular formula is C17H22ClN3OS2. The standard InChI is InChI=1S/C17H22ClN3OS2/c1-4-21-9-7-12(8-10-21)20(3)17(22)15-11(2)19-16(24-15)13-5-6-14(18)23-13/h5-6,12H,4,7-10H2,1-3H3. The highest BCUT2D eigenvalue weighted by atomic mass is 35.5. The summed E-state index contributed by atoms with van der Waals surface area (Å²) in [5, 5.41) is 0.877. The molecule has 1 aliphatic rings. The molecule has 1 saturated heterocycles. The smallest absolute Gasteiger partial charge is 0.265 e. The van der Waals surface area contributed by atoms with Crippen LogP contribution in [-0.2, 0) is 0 Å². The van der Waals surface area contributed by atoms with Gasteiger partial charge in [-0.1, -0.05) is 18.5 Å². The van der Waals surface area contributed by atoms with Crippen LogP contribution in [0, 0.1) is 6.92 Å². The van der Waals surface area contributed by atoms with E-state index in [1.54, 1.807) is 0 Å². The van der Waals surface area contributed by atoms with Gasteiger partial charge in [-0.25, -0.2) is 4.98 Å². The molecule has 7 heteroatoms. The van der Waals surface area contributed by atoms with Crippen LogP contribution < -0.4 is 0 Å². The molecular weight excluding hydrogens is 362 g/mol. The molecule has 3 heterocycles. The summed E-state index contributed by atoms with van der Waals surface area (Å²) < 4.78 is 0.741. The molecule has 0 radical (unpaired) electrons. The second-order valence-electron chi connectivity index (χ2n) is 6.12. The average Bonchev–Trinajstić information content (AvgIpc) is 3.19. The molecule has 1 amide bonds. The summed E-state index contributed by atoms with van der Waals surface area (Å²) in [7, 11) is 1.93. The number of likely N-dealkylation sites (tertiary alicyclic amines) is 1. The van der Waals surface area contributed by atoms with Gasteiger partial charge in [0.1, 0.15) is 9.88 Å². The first-order chi connectivity index (χ1) is 11.5. The summed E-state index contributed by atoms with van der Waals surface area (Å²) >= 11 is 8.98. The Morgan fingerprint density at radius 1 is 1.38 bits per heavy atom. The lowest BCUT2D eigenvalue weighted by atomic mass is 10.0. The van der Waals surface area contributed by atoms with Crippen molar-refractivity contribution in [2.45, 2.75) is 32.7 Å². The van der Waals surface area contributed by atoms with Crippen LogP contribution in [0.5, 0.6) is 0 Å². The third-order valence-corrected chi connectivity index (χ3v) is 7.19. The fourth-order valence-corrected chi connectivity index (χ4v) is 5.23. The normalized spacial score (nSPS) is 16.5. The SMILES string of the molecule is CCN1CCC(N(C)C(=O)c2sc(-c3ccc(Cl)s3)nc2C)CC1. The Hall–Kier alpha value is -0.950. The van der Waals surface area contributed by atoms with E-state index in [4.69, 9.17) is 11.6 Å².